The molecule has 2 nitrogen and oxygen atoms in total. The summed E-state index contributed by atoms with van der Waals surface area (Å²) in [7, 11) is 0. The summed E-state index contributed by atoms with van der Waals surface area (Å²) in [5.41, 5.74) is 1.17. The SMILES string of the molecule is Fc1ccc(CNC2CCN3CCCC3C2)cc1. The van der Waals surface area contributed by atoms with Crippen LogP contribution >= 0.6 is 0 Å². The van der Waals surface area contributed by atoms with Crippen molar-refractivity contribution >= 4 is 0 Å². The van der Waals surface area contributed by atoms with E-state index in [0.717, 1.165) is 12.6 Å². The van der Waals surface area contributed by atoms with E-state index in [-0.39, 0.29) is 5.82 Å². The van der Waals surface area contributed by atoms with Crippen LogP contribution in [0.15, 0.2) is 24.3 Å². The van der Waals surface area contributed by atoms with Crippen molar-refractivity contribution in [1.82, 2.24) is 10.2 Å². The maximum Gasteiger partial charge on any atom is 0.123 e. The van der Waals surface area contributed by atoms with Gasteiger partial charge in [-0.2, -0.15) is 0 Å². The average Bonchev–Trinajstić information content (AvgIpc) is 2.85. The normalized spacial score (nSPS) is 28.3. The molecule has 0 aromatic heterocycles. The molecule has 0 amide bonds. The number of piperidine rings is 1. The molecule has 2 aliphatic heterocycles. The first-order valence-corrected chi connectivity index (χ1v) is 7.03. The lowest BCUT2D eigenvalue weighted by atomic mass is 9.97. The average molecular weight is 248 g/mol. The molecule has 3 rings (SSSR count). The van der Waals surface area contributed by atoms with E-state index in [1.54, 1.807) is 0 Å². The standard InChI is InChI=1S/C15H21FN2/c16-13-5-3-12(4-6-13)11-17-14-7-9-18-8-1-2-15(18)10-14/h3-6,14-15,17H,1-2,7-11H2. The second-order valence-corrected chi connectivity index (χ2v) is 5.56. The number of hydrogen-bond donors (Lipinski definition) is 1. The molecular formula is C15H21FN2. The highest BCUT2D eigenvalue weighted by Crippen LogP contribution is 2.26. The lowest BCUT2D eigenvalue weighted by Crippen LogP contribution is -2.45. The Morgan fingerprint density at radius 3 is 2.83 bits per heavy atom. The lowest BCUT2D eigenvalue weighted by Gasteiger charge is -2.35. The number of nitrogens with one attached hydrogen (secondary N) is 1. The van der Waals surface area contributed by atoms with Gasteiger partial charge in [0.05, 0.1) is 0 Å². The molecule has 98 valence electrons. The zero-order valence-corrected chi connectivity index (χ0v) is 10.7. The van der Waals surface area contributed by atoms with Crippen molar-refractivity contribution in [2.75, 3.05) is 13.1 Å². The molecule has 0 spiro atoms. The van der Waals surface area contributed by atoms with E-state index in [0.29, 0.717) is 6.04 Å². The van der Waals surface area contributed by atoms with Gasteiger partial charge in [0.15, 0.2) is 0 Å². The Kier molecular flexibility index (Phi) is 3.62. The van der Waals surface area contributed by atoms with Gasteiger partial charge in [0.1, 0.15) is 5.82 Å². The number of fused-ring (bicyclic) bond motifs is 1. The fourth-order valence-corrected chi connectivity index (χ4v) is 3.27. The van der Waals surface area contributed by atoms with Gasteiger partial charge in [0.2, 0.25) is 0 Å². The summed E-state index contributed by atoms with van der Waals surface area (Å²) in [6.45, 7) is 3.40. The predicted octanol–water partition coefficient (Wildman–Crippen LogP) is 2.54. The van der Waals surface area contributed by atoms with Crippen molar-refractivity contribution < 1.29 is 4.39 Å². The summed E-state index contributed by atoms with van der Waals surface area (Å²) in [4.78, 5) is 2.63. The van der Waals surface area contributed by atoms with Gasteiger partial charge in [-0.05, 0) is 56.5 Å². The van der Waals surface area contributed by atoms with Crippen LogP contribution in [0.3, 0.4) is 0 Å². The van der Waals surface area contributed by atoms with Crippen LogP contribution in [0.5, 0.6) is 0 Å². The summed E-state index contributed by atoms with van der Waals surface area (Å²) in [5.74, 6) is -0.155. The number of benzene rings is 1. The van der Waals surface area contributed by atoms with E-state index in [9.17, 15) is 4.39 Å². The first-order valence-electron chi connectivity index (χ1n) is 7.03. The Labute approximate surface area is 108 Å². The van der Waals surface area contributed by atoms with E-state index in [4.69, 9.17) is 0 Å². The van der Waals surface area contributed by atoms with Gasteiger partial charge in [0.25, 0.3) is 0 Å². The van der Waals surface area contributed by atoms with Crippen LogP contribution < -0.4 is 5.32 Å². The van der Waals surface area contributed by atoms with E-state index in [2.05, 4.69) is 10.2 Å². The quantitative estimate of drug-likeness (QED) is 0.884. The Balaban J connectivity index is 1.50. The molecule has 2 heterocycles. The van der Waals surface area contributed by atoms with E-state index < -0.39 is 0 Å². The van der Waals surface area contributed by atoms with Crippen LogP contribution in [-0.2, 0) is 6.54 Å². The molecule has 18 heavy (non-hydrogen) atoms. The molecule has 2 atom stereocenters. The number of halogens is 1. The largest absolute Gasteiger partial charge is 0.310 e. The highest BCUT2D eigenvalue weighted by molar-refractivity contribution is 5.15. The second kappa shape index (κ2) is 5.37. The van der Waals surface area contributed by atoms with Gasteiger partial charge in [-0.3, -0.25) is 0 Å². The zero-order chi connectivity index (χ0) is 12.4. The Morgan fingerprint density at radius 2 is 2.00 bits per heavy atom. The van der Waals surface area contributed by atoms with Crippen LogP contribution in [0, 0.1) is 5.82 Å². The van der Waals surface area contributed by atoms with Gasteiger partial charge in [-0.1, -0.05) is 12.1 Å². The highest BCUT2D eigenvalue weighted by Gasteiger charge is 2.31. The molecule has 1 aromatic rings. The summed E-state index contributed by atoms with van der Waals surface area (Å²) in [6, 6.07) is 8.26. The summed E-state index contributed by atoms with van der Waals surface area (Å²) < 4.78 is 12.8. The van der Waals surface area contributed by atoms with Crippen LogP contribution in [-0.4, -0.2) is 30.1 Å². The van der Waals surface area contributed by atoms with Crippen molar-refractivity contribution in [1.29, 1.82) is 0 Å². The molecule has 2 saturated heterocycles. The topological polar surface area (TPSA) is 15.3 Å². The fourth-order valence-electron chi connectivity index (χ4n) is 3.27. The number of nitrogens with zero attached hydrogens (tertiary/aromatic N) is 1. The molecule has 2 fully saturated rings. The molecule has 1 N–H and O–H groups in total. The smallest absolute Gasteiger partial charge is 0.123 e. The third-order valence-electron chi connectivity index (χ3n) is 4.33. The summed E-state index contributed by atoms with van der Waals surface area (Å²) in [5, 5.41) is 3.62. The van der Waals surface area contributed by atoms with Gasteiger partial charge in [0, 0.05) is 18.6 Å². The lowest BCUT2D eigenvalue weighted by molar-refractivity contribution is 0.166. The predicted molar refractivity (Wildman–Crippen MR) is 70.9 cm³/mol. The van der Waals surface area contributed by atoms with Crippen molar-refractivity contribution in [2.45, 2.75) is 44.3 Å². The maximum absolute atomic E-state index is 12.8. The van der Waals surface area contributed by atoms with Crippen molar-refractivity contribution in [3.63, 3.8) is 0 Å². The minimum absolute atomic E-state index is 0.155. The van der Waals surface area contributed by atoms with E-state index >= 15 is 0 Å². The molecule has 2 unspecified atom stereocenters. The molecule has 0 aliphatic carbocycles. The molecule has 1 aromatic carbocycles. The van der Waals surface area contributed by atoms with Crippen molar-refractivity contribution in [2.24, 2.45) is 0 Å². The molecule has 3 heteroatoms. The minimum atomic E-state index is -0.155. The molecule has 0 radical (unpaired) electrons. The van der Waals surface area contributed by atoms with Crippen LogP contribution in [0.4, 0.5) is 4.39 Å². The number of hydrogen-bond acceptors (Lipinski definition) is 2. The van der Waals surface area contributed by atoms with Crippen molar-refractivity contribution in [3.05, 3.63) is 35.6 Å². The zero-order valence-electron chi connectivity index (χ0n) is 10.7. The van der Waals surface area contributed by atoms with Gasteiger partial charge in [-0.25, -0.2) is 4.39 Å². The first kappa shape index (κ1) is 12.1. The van der Waals surface area contributed by atoms with Gasteiger partial charge in [-0.15, -0.1) is 0 Å². The van der Waals surface area contributed by atoms with Gasteiger partial charge < -0.3 is 10.2 Å². The van der Waals surface area contributed by atoms with Gasteiger partial charge >= 0.3 is 0 Å². The Morgan fingerprint density at radius 1 is 1.17 bits per heavy atom. The maximum atomic E-state index is 12.8. The third kappa shape index (κ3) is 2.73. The minimum Gasteiger partial charge on any atom is -0.310 e. The highest BCUT2D eigenvalue weighted by atomic mass is 19.1. The summed E-state index contributed by atoms with van der Waals surface area (Å²) in [6.07, 6.45) is 5.27. The third-order valence-corrected chi connectivity index (χ3v) is 4.33. The Bertz CT molecular complexity index is 390. The van der Waals surface area contributed by atoms with E-state index in [1.807, 2.05) is 12.1 Å². The van der Waals surface area contributed by atoms with E-state index in [1.165, 1.54) is 56.5 Å². The molecule has 0 saturated carbocycles. The summed E-state index contributed by atoms with van der Waals surface area (Å²) >= 11 is 0. The fraction of sp³-hybridized carbons (Fsp3) is 0.600. The van der Waals surface area contributed by atoms with Crippen LogP contribution in [0.25, 0.3) is 0 Å². The van der Waals surface area contributed by atoms with Crippen LogP contribution in [0.1, 0.15) is 31.2 Å². The molecule has 2 aliphatic rings. The van der Waals surface area contributed by atoms with Crippen molar-refractivity contribution in [3.8, 4) is 0 Å². The van der Waals surface area contributed by atoms with Crippen LogP contribution in [0.2, 0.25) is 0 Å². The Hall–Kier alpha value is -0.930. The monoisotopic (exact) mass is 248 g/mol. The first-order chi connectivity index (χ1) is 8.81. The number of rotatable bonds is 3. The molecular weight excluding hydrogens is 227 g/mol. The second-order valence-electron chi connectivity index (χ2n) is 5.56. The molecule has 0 bridgehead atoms.